The molecule has 1 atom stereocenters. The molecular weight excluding hydrogens is 841 g/mol. The third kappa shape index (κ3) is 54.6. The van der Waals surface area contributed by atoms with E-state index in [4.69, 9.17) is 14.2 Å². The molecule has 398 valence electrons. The van der Waals surface area contributed by atoms with Crippen molar-refractivity contribution in [1.82, 2.24) is 0 Å². The van der Waals surface area contributed by atoms with E-state index in [1.807, 2.05) is 0 Å². The second-order valence-corrected chi connectivity index (χ2v) is 20.3. The molecule has 6 nitrogen and oxygen atoms in total. The van der Waals surface area contributed by atoms with E-state index in [0.29, 0.717) is 19.3 Å². The Kier molecular flexibility index (Phi) is 55.2. The average molecular weight is 956 g/mol. The number of hydrogen-bond donors (Lipinski definition) is 0. The molecule has 0 aromatic carbocycles. The van der Waals surface area contributed by atoms with Crippen LogP contribution in [0.2, 0.25) is 0 Å². The van der Waals surface area contributed by atoms with Crippen LogP contribution in [0.1, 0.15) is 323 Å². The number of unbranched alkanes of at least 4 members (excludes halogenated alkanes) is 38. The minimum Gasteiger partial charge on any atom is -0.462 e. The summed E-state index contributed by atoms with van der Waals surface area (Å²) in [7, 11) is 0. The molecule has 0 spiro atoms. The van der Waals surface area contributed by atoms with Gasteiger partial charge in [-0.2, -0.15) is 0 Å². The second kappa shape index (κ2) is 57.2. The van der Waals surface area contributed by atoms with Gasteiger partial charge in [0.05, 0.1) is 0 Å². The topological polar surface area (TPSA) is 78.9 Å². The van der Waals surface area contributed by atoms with Crippen LogP contribution < -0.4 is 0 Å². The van der Waals surface area contributed by atoms with Gasteiger partial charge in [-0.15, -0.1) is 0 Å². The number of esters is 3. The van der Waals surface area contributed by atoms with E-state index in [2.05, 4.69) is 57.2 Å². The van der Waals surface area contributed by atoms with Crippen LogP contribution in [0.25, 0.3) is 0 Å². The van der Waals surface area contributed by atoms with Crippen LogP contribution in [-0.4, -0.2) is 37.2 Å². The Hall–Kier alpha value is -2.37. The van der Waals surface area contributed by atoms with Crippen molar-refractivity contribution in [3.05, 3.63) is 36.5 Å². The summed E-state index contributed by atoms with van der Waals surface area (Å²) in [5.41, 5.74) is 0. The van der Waals surface area contributed by atoms with Gasteiger partial charge in [0, 0.05) is 19.3 Å². The fourth-order valence-electron chi connectivity index (χ4n) is 8.82. The van der Waals surface area contributed by atoms with Crippen LogP contribution in [0.3, 0.4) is 0 Å². The van der Waals surface area contributed by atoms with Crippen LogP contribution >= 0.6 is 0 Å². The Morgan fingerprint density at radius 2 is 0.529 bits per heavy atom. The summed E-state index contributed by atoms with van der Waals surface area (Å²) in [4.78, 5) is 37.8. The molecule has 0 aromatic rings. The van der Waals surface area contributed by atoms with Crippen molar-refractivity contribution in [2.45, 2.75) is 329 Å². The fraction of sp³-hybridized carbons (Fsp3) is 0.855. The van der Waals surface area contributed by atoms with E-state index < -0.39 is 6.10 Å². The predicted molar refractivity (Wildman–Crippen MR) is 293 cm³/mol. The first kappa shape index (κ1) is 65.6. The Morgan fingerprint density at radius 1 is 0.294 bits per heavy atom. The highest BCUT2D eigenvalue weighted by atomic mass is 16.6. The highest BCUT2D eigenvalue weighted by Gasteiger charge is 2.19. The summed E-state index contributed by atoms with van der Waals surface area (Å²) in [5.74, 6) is -0.874. The van der Waals surface area contributed by atoms with Crippen LogP contribution in [0.4, 0.5) is 0 Å². The van der Waals surface area contributed by atoms with Gasteiger partial charge in [-0.3, -0.25) is 14.4 Å². The van der Waals surface area contributed by atoms with Gasteiger partial charge in [0.1, 0.15) is 13.2 Å². The summed E-state index contributed by atoms with van der Waals surface area (Å²) in [6.45, 7) is 6.58. The molecular formula is C62H114O6. The Balaban J connectivity index is 4.01. The summed E-state index contributed by atoms with van der Waals surface area (Å²) >= 11 is 0. The normalized spacial score (nSPS) is 12.2. The van der Waals surface area contributed by atoms with Gasteiger partial charge in [-0.05, 0) is 77.0 Å². The van der Waals surface area contributed by atoms with Crippen LogP contribution in [0, 0.1) is 0 Å². The number of allylic oxidation sites excluding steroid dienone is 6. The summed E-state index contributed by atoms with van der Waals surface area (Å²) in [5, 5.41) is 0. The molecule has 0 aromatic heterocycles. The van der Waals surface area contributed by atoms with Crippen molar-refractivity contribution >= 4 is 17.9 Å². The quantitative estimate of drug-likeness (QED) is 0.0262. The molecule has 0 heterocycles. The van der Waals surface area contributed by atoms with Crippen molar-refractivity contribution in [2.24, 2.45) is 0 Å². The highest BCUT2D eigenvalue weighted by Crippen LogP contribution is 2.17. The van der Waals surface area contributed by atoms with Crippen molar-refractivity contribution in [1.29, 1.82) is 0 Å². The number of rotatable bonds is 55. The molecule has 0 bridgehead atoms. The first-order valence-electron chi connectivity index (χ1n) is 30.0. The third-order valence-electron chi connectivity index (χ3n) is 13.4. The molecule has 0 aliphatic carbocycles. The molecule has 0 saturated carbocycles. The predicted octanol–water partition coefficient (Wildman–Crippen LogP) is 20.0. The Morgan fingerprint density at radius 3 is 0.824 bits per heavy atom. The summed E-state index contributed by atoms with van der Waals surface area (Å²) in [6, 6.07) is 0. The van der Waals surface area contributed by atoms with Crippen LogP contribution in [0.15, 0.2) is 36.5 Å². The fourth-order valence-corrected chi connectivity index (χ4v) is 8.82. The molecule has 0 radical (unpaired) electrons. The number of carbonyl (C=O) groups is 3. The smallest absolute Gasteiger partial charge is 0.306 e. The molecule has 6 heteroatoms. The Bertz CT molecular complexity index is 1140. The third-order valence-corrected chi connectivity index (χ3v) is 13.4. The van der Waals surface area contributed by atoms with Crippen molar-refractivity contribution in [3.8, 4) is 0 Å². The van der Waals surface area contributed by atoms with Crippen molar-refractivity contribution < 1.29 is 28.6 Å². The standard InChI is InChI=1S/C62H114O6/c1-4-7-10-13-15-17-19-21-23-25-27-28-29-30-31-32-33-34-35-37-38-40-42-44-46-49-52-55-61(64)67-58-59(57-66-60(63)54-51-48-12-9-6-3)68-62(65)56-53-50-47-45-43-41-39-36-26-24-22-20-18-16-14-11-8-5-2/h19,21,24-27,59H,4-18,20,22-23,28-58H2,1-3H3/b21-19-,26-24-,27-25-. The van der Waals surface area contributed by atoms with Crippen LogP contribution in [-0.2, 0) is 28.6 Å². The Labute approximate surface area is 423 Å². The van der Waals surface area contributed by atoms with Gasteiger partial charge in [-0.1, -0.05) is 263 Å². The van der Waals surface area contributed by atoms with E-state index in [0.717, 1.165) is 70.6 Å². The zero-order chi connectivity index (χ0) is 49.3. The molecule has 0 saturated heterocycles. The van der Waals surface area contributed by atoms with Gasteiger partial charge in [-0.25, -0.2) is 0 Å². The minimum atomic E-state index is -0.768. The zero-order valence-corrected chi connectivity index (χ0v) is 45.6. The van der Waals surface area contributed by atoms with Gasteiger partial charge >= 0.3 is 17.9 Å². The zero-order valence-electron chi connectivity index (χ0n) is 45.6. The number of carbonyl (C=O) groups excluding carboxylic acids is 3. The lowest BCUT2D eigenvalue weighted by Crippen LogP contribution is -2.30. The number of ether oxygens (including phenoxy) is 3. The van der Waals surface area contributed by atoms with E-state index in [9.17, 15) is 14.4 Å². The summed E-state index contributed by atoms with van der Waals surface area (Å²) < 4.78 is 16.7. The maximum atomic E-state index is 12.8. The first-order chi connectivity index (χ1) is 33.5. The minimum absolute atomic E-state index is 0.0711. The van der Waals surface area contributed by atoms with Gasteiger partial charge < -0.3 is 14.2 Å². The molecule has 0 rings (SSSR count). The molecule has 68 heavy (non-hydrogen) atoms. The van der Waals surface area contributed by atoms with Crippen molar-refractivity contribution in [2.75, 3.05) is 13.2 Å². The lowest BCUT2D eigenvalue weighted by Gasteiger charge is -2.18. The van der Waals surface area contributed by atoms with Gasteiger partial charge in [0.2, 0.25) is 0 Å². The van der Waals surface area contributed by atoms with E-state index in [1.165, 1.54) is 212 Å². The van der Waals surface area contributed by atoms with Crippen LogP contribution in [0.5, 0.6) is 0 Å². The highest BCUT2D eigenvalue weighted by molar-refractivity contribution is 5.71. The SMILES string of the molecule is CCCCCCC/C=C\C/C=C\CCCCCCCCCCCCCCCCCC(=O)OCC(COC(=O)CCCCCCC)OC(=O)CCCCCCCCC/C=C\CCCCCCCCC. The van der Waals surface area contributed by atoms with E-state index in [-0.39, 0.29) is 31.1 Å². The first-order valence-corrected chi connectivity index (χ1v) is 30.0. The maximum Gasteiger partial charge on any atom is 0.306 e. The largest absolute Gasteiger partial charge is 0.462 e. The molecule has 0 aliphatic heterocycles. The molecule has 0 aliphatic rings. The molecule has 0 amide bonds. The van der Waals surface area contributed by atoms with E-state index >= 15 is 0 Å². The van der Waals surface area contributed by atoms with Crippen molar-refractivity contribution in [3.63, 3.8) is 0 Å². The molecule has 1 unspecified atom stereocenters. The lowest BCUT2D eigenvalue weighted by atomic mass is 10.0. The monoisotopic (exact) mass is 955 g/mol. The molecule has 0 fully saturated rings. The second-order valence-electron chi connectivity index (χ2n) is 20.3. The maximum absolute atomic E-state index is 12.8. The number of hydrogen-bond acceptors (Lipinski definition) is 6. The van der Waals surface area contributed by atoms with Gasteiger partial charge in [0.25, 0.3) is 0 Å². The average Bonchev–Trinajstić information content (AvgIpc) is 3.34. The summed E-state index contributed by atoms with van der Waals surface area (Å²) in [6.07, 6.45) is 69.1. The lowest BCUT2D eigenvalue weighted by molar-refractivity contribution is -0.167. The van der Waals surface area contributed by atoms with Gasteiger partial charge in [0.15, 0.2) is 6.10 Å². The molecule has 0 N–H and O–H groups in total. The van der Waals surface area contributed by atoms with E-state index in [1.54, 1.807) is 0 Å².